The van der Waals surface area contributed by atoms with Gasteiger partial charge in [0, 0.05) is 0 Å². The molecule has 4 aromatic carbocycles. The Balaban J connectivity index is 1.77. The van der Waals surface area contributed by atoms with Gasteiger partial charge in [0.25, 0.3) is 0 Å². The fourth-order valence-electron chi connectivity index (χ4n) is 5.49. The molecular weight excluding hydrogens is 420 g/mol. The third kappa shape index (κ3) is 3.80. The molecule has 0 N–H and O–H groups in total. The first-order valence-corrected chi connectivity index (χ1v) is 12.5. The summed E-state index contributed by atoms with van der Waals surface area (Å²) in [5.74, 6) is 0. The minimum Gasteiger partial charge on any atom is -0.0763 e. The van der Waals surface area contributed by atoms with Crippen molar-refractivity contribution in [2.75, 3.05) is 0 Å². The van der Waals surface area contributed by atoms with Crippen LogP contribution >= 0.6 is 0 Å². The van der Waals surface area contributed by atoms with E-state index in [2.05, 4.69) is 136 Å². The number of hydrogen-bond acceptors (Lipinski definition) is 0. The number of rotatable bonds is 3. The molecule has 0 amide bonds. The molecule has 0 heterocycles. The van der Waals surface area contributed by atoms with Gasteiger partial charge in [0.2, 0.25) is 0 Å². The van der Waals surface area contributed by atoms with Crippen LogP contribution in [0.25, 0.3) is 17.2 Å². The molecule has 0 bridgehead atoms. The van der Waals surface area contributed by atoms with Crippen molar-refractivity contribution < 1.29 is 0 Å². The van der Waals surface area contributed by atoms with Crippen LogP contribution in [0.4, 0.5) is 0 Å². The van der Waals surface area contributed by atoms with E-state index in [0.717, 1.165) is 6.42 Å². The summed E-state index contributed by atoms with van der Waals surface area (Å²) in [4.78, 5) is 0. The Labute approximate surface area is 207 Å². The van der Waals surface area contributed by atoms with Gasteiger partial charge in [-0.3, -0.25) is 0 Å². The highest BCUT2D eigenvalue weighted by atomic mass is 14.3. The highest BCUT2D eigenvalue weighted by molar-refractivity contribution is 5.87. The van der Waals surface area contributed by atoms with E-state index in [9.17, 15) is 0 Å². The van der Waals surface area contributed by atoms with Crippen molar-refractivity contribution in [3.05, 3.63) is 158 Å². The van der Waals surface area contributed by atoms with Crippen molar-refractivity contribution in [2.24, 2.45) is 5.41 Å². The van der Waals surface area contributed by atoms with Gasteiger partial charge in [-0.25, -0.2) is 0 Å². The van der Waals surface area contributed by atoms with Crippen LogP contribution in [-0.2, 0) is 0 Å². The third-order valence-electron chi connectivity index (χ3n) is 7.25. The van der Waals surface area contributed by atoms with E-state index in [-0.39, 0.29) is 5.41 Å². The van der Waals surface area contributed by atoms with Gasteiger partial charge in [0.15, 0.2) is 0 Å². The first kappa shape index (κ1) is 21.6. The van der Waals surface area contributed by atoms with Crippen LogP contribution in [0.2, 0.25) is 0 Å². The maximum Gasteiger partial charge on any atom is -0.00325 e. The molecule has 0 fully saturated rings. The summed E-state index contributed by atoms with van der Waals surface area (Å²) >= 11 is 0. The van der Waals surface area contributed by atoms with Crippen LogP contribution in [0.5, 0.6) is 0 Å². The molecule has 2 aliphatic carbocycles. The Morgan fingerprint density at radius 1 is 0.629 bits per heavy atom. The number of allylic oxidation sites excluding steroid dienone is 4. The van der Waals surface area contributed by atoms with Crippen LogP contribution < -0.4 is 10.4 Å². The summed E-state index contributed by atoms with van der Waals surface area (Å²) < 4.78 is 0. The Hall–Kier alpha value is -3.90. The molecule has 2 aliphatic rings. The highest BCUT2D eigenvalue weighted by Gasteiger charge is 2.23. The van der Waals surface area contributed by atoms with Gasteiger partial charge >= 0.3 is 0 Å². The molecule has 35 heavy (non-hydrogen) atoms. The summed E-state index contributed by atoms with van der Waals surface area (Å²) in [6.07, 6.45) is 8.24. The average Bonchev–Trinajstić information content (AvgIpc) is 3.51. The van der Waals surface area contributed by atoms with Gasteiger partial charge in [-0.05, 0) is 77.8 Å². The van der Waals surface area contributed by atoms with Crippen LogP contribution in [0.15, 0.2) is 115 Å². The van der Waals surface area contributed by atoms with Gasteiger partial charge < -0.3 is 0 Å². The van der Waals surface area contributed by atoms with Gasteiger partial charge in [-0.15, -0.1) is 0 Å². The lowest BCUT2D eigenvalue weighted by atomic mass is 9.86. The van der Waals surface area contributed by atoms with Crippen molar-refractivity contribution in [2.45, 2.75) is 27.2 Å². The molecule has 0 atom stereocenters. The molecule has 0 aliphatic heterocycles. The van der Waals surface area contributed by atoms with Crippen molar-refractivity contribution in [1.82, 2.24) is 0 Å². The zero-order valence-corrected chi connectivity index (χ0v) is 20.7. The maximum absolute atomic E-state index is 2.45. The van der Waals surface area contributed by atoms with Crippen molar-refractivity contribution in [3.8, 4) is 0 Å². The zero-order chi connectivity index (χ0) is 24.0. The third-order valence-corrected chi connectivity index (χ3v) is 7.25. The Kier molecular flexibility index (Phi) is 5.19. The minimum absolute atomic E-state index is 0.137. The second-order valence-corrected chi connectivity index (χ2v) is 10.6. The van der Waals surface area contributed by atoms with E-state index >= 15 is 0 Å². The number of hydrogen-bond donors (Lipinski definition) is 0. The topological polar surface area (TPSA) is 0 Å². The van der Waals surface area contributed by atoms with E-state index < -0.39 is 0 Å². The molecule has 4 aromatic rings. The van der Waals surface area contributed by atoms with E-state index in [0.29, 0.717) is 0 Å². The summed E-state index contributed by atoms with van der Waals surface area (Å²) in [5, 5.41) is 5.29. The fraction of sp³-hybridized carbons (Fsp3) is 0.143. The molecule has 0 saturated heterocycles. The molecule has 0 heteroatoms. The molecule has 0 radical (unpaired) electrons. The van der Waals surface area contributed by atoms with Gasteiger partial charge in [0.05, 0.1) is 0 Å². The van der Waals surface area contributed by atoms with Crippen molar-refractivity contribution in [1.29, 1.82) is 0 Å². The number of fused-ring (bicyclic) bond motifs is 2. The van der Waals surface area contributed by atoms with Gasteiger partial charge in [-0.2, -0.15) is 0 Å². The van der Waals surface area contributed by atoms with Crippen molar-refractivity contribution in [3.63, 3.8) is 0 Å². The standard InChI is InChI=1S/C35H30/c1-35(2,3)28-19-18-27(22-28)34-31(21-20-30-29-17-11-10-16-26(29)23-32(30)34)33(24-12-6-4-7-13-24)25-14-8-5-9-15-25/h4-17,19-23H,18H2,1-3H3. The summed E-state index contributed by atoms with van der Waals surface area (Å²) in [5.41, 5.74) is 9.48. The monoisotopic (exact) mass is 450 g/mol. The van der Waals surface area contributed by atoms with Crippen LogP contribution in [0.1, 0.15) is 49.4 Å². The molecule has 0 nitrogen and oxygen atoms in total. The molecule has 0 spiro atoms. The molecule has 0 saturated carbocycles. The molecule has 0 aromatic heterocycles. The smallest absolute Gasteiger partial charge is 0.00325 e. The summed E-state index contributed by atoms with van der Waals surface area (Å²) in [6, 6.07) is 35.2. The average molecular weight is 451 g/mol. The minimum atomic E-state index is 0.137. The SMILES string of the molecule is CC(C)(C)C1=CCC(c2c3c(ccc2=C(c2ccccc2)c2ccccc2)=c2ccccc2=C3)=C1. The van der Waals surface area contributed by atoms with Gasteiger partial charge in [0.1, 0.15) is 0 Å². The van der Waals surface area contributed by atoms with E-state index in [1.807, 2.05) is 0 Å². The molecule has 170 valence electrons. The Morgan fingerprint density at radius 2 is 1.26 bits per heavy atom. The predicted octanol–water partition coefficient (Wildman–Crippen LogP) is 7.12. The summed E-state index contributed by atoms with van der Waals surface area (Å²) in [6.45, 7) is 6.92. The first-order valence-electron chi connectivity index (χ1n) is 12.5. The lowest BCUT2D eigenvalue weighted by Gasteiger charge is -2.18. The quantitative estimate of drug-likeness (QED) is 0.274. The van der Waals surface area contributed by atoms with Crippen LogP contribution in [0, 0.1) is 15.9 Å². The fourth-order valence-corrected chi connectivity index (χ4v) is 5.49. The van der Waals surface area contributed by atoms with Crippen molar-refractivity contribution >= 4 is 17.2 Å². The Bertz CT molecular complexity index is 1670. The van der Waals surface area contributed by atoms with Gasteiger partial charge in [-0.1, -0.05) is 130 Å². The second kappa shape index (κ2) is 8.40. The summed E-state index contributed by atoms with van der Waals surface area (Å²) in [7, 11) is 0. The lowest BCUT2D eigenvalue weighted by molar-refractivity contribution is 0.518. The highest BCUT2D eigenvalue weighted by Crippen LogP contribution is 2.37. The van der Waals surface area contributed by atoms with E-state index in [1.165, 1.54) is 59.8 Å². The lowest BCUT2D eigenvalue weighted by Crippen LogP contribution is -2.16. The molecule has 0 unspecified atom stereocenters. The largest absolute Gasteiger partial charge is 0.0763 e. The van der Waals surface area contributed by atoms with Crippen LogP contribution in [-0.4, -0.2) is 0 Å². The van der Waals surface area contributed by atoms with E-state index in [1.54, 1.807) is 0 Å². The van der Waals surface area contributed by atoms with E-state index in [4.69, 9.17) is 0 Å². The first-order chi connectivity index (χ1) is 17.0. The zero-order valence-electron chi connectivity index (χ0n) is 20.7. The predicted molar refractivity (Wildman–Crippen MR) is 148 cm³/mol. The number of benzene rings is 4. The maximum atomic E-state index is 2.45. The molecular formula is C35H30. The second-order valence-electron chi connectivity index (χ2n) is 10.6. The van der Waals surface area contributed by atoms with Crippen LogP contribution in [0.3, 0.4) is 0 Å². The normalized spacial score (nSPS) is 14.0. The molecule has 6 rings (SSSR count). The Morgan fingerprint density at radius 3 is 1.89 bits per heavy atom.